The zero-order valence-corrected chi connectivity index (χ0v) is 17.6. The first-order valence-corrected chi connectivity index (χ1v) is 11.2. The van der Waals surface area contributed by atoms with Gasteiger partial charge in [-0.1, -0.05) is 29.5 Å². The summed E-state index contributed by atoms with van der Waals surface area (Å²) < 4.78 is 1.65. The van der Waals surface area contributed by atoms with Crippen LogP contribution in [-0.4, -0.2) is 51.8 Å². The molecule has 0 amide bonds. The van der Waals surface area contributed by atoms with Crippen molar-refractivity contribution in [3.8, 4) is 5.69 Å². The van der Waals surface area contributed by atoms with E-state index in [-0.39, 0.29) is 17.9 Å². The highest BCUT2D eigenvalue weighted by atomic mass is 32.2. The molecule has 8 heteroatoms. The second-order valence-corrected chi connectivity index (χ2v) is 9.41. The van der Waals surface area contributed by atoms with Crippen molar-refractivity contribution < 1.29 is 15.1 Å². The SMILES string of the molecule is Cc1ccc(-n2c(SC[C@H](O)CO)nc3sc4c(c3c2=O)CC[NH+](C)C4)cc1. The minimum atomic E-state index is -0.849. The van der Waals surface area contributed by atoms with Gasteiger partial charge in [0.15, 0.2) is 5.16 Å². The summed E-state index contributed by atoms with van der Waals surface area (Å²) in [5.41, 5.74) is 2.99. The van der Waals surface area contributed by atoms with E-state index in [0.717, 1.165) is 46.5 Å². The first-order valence-electron chi connectivity index (χ1n) is 9.35. The Morgan fingerprint density at radius 2 is 2.11 bits per heavy atom. The number of aliphatic hydroxyl groups is 2. The number of thioether (sulfide) groups is 1. The van der Waals surface area contributed by atoms with Crippen LogP contribution in [0.3, 0.4) is 0 Å². The van der Waals surface area contributed by atoms with Crippen molar-refractivity contribution in [3.63, 3.8) is 0 Å². The van der Waals surface area contributed by atoms with Gasteiger partial charge >= 0.3 is 0 Å². The highest BCUT2D eigenvalue weighted by Crippen LogP contribution is 2.31. The molecule has 1 unspecified atom stereocenters. The zero-order chi connectivity index (χ0) is 19.8. The number of likely N-dealkylation sites (N-methyl/N-ethyl adjacent to an activating group) is 1. The van der Waals surface area contributed by atoms with Gasteiger partial charge in [-0.05, 0) is 24.6 Å². The maximum Gasteiger partial charge on any atom is 0.267 e. The maximum atomic E-state index is 13.6. The lowest BCUT2D eigenvalue weighted by molar-refractivity contribution is -0.895. The fourth-order valence-corrected chi connectivity index (χ4v) is 5.78. The van der Waals surface area contributed by atoms with Crippen molar-refractivity contribution in [1.29, 1.82) is 0 Å². The summed E-state index contributed by atoms with van der Waals surface area (Å²) in [5.74, 6) is 0.276. The first kappa shape index (κ1) is 19.6. The molecule has 1 aromatic carbocycles. The fourth-order valence-electron chi connectivity index (χ4n) is 3.48. The summed E-state index contributed by atoms with van der Waals surface area (Å²) in [6.45, 7) is 3.63. The van der Waals surface area contributed by atoms with Gasteiger partial charge in [0.2, 0.25) is 0 Å². The highest BCUT2D eigenvalue weighted by molar-refractivity contribution is 7.99. The van der Waals surface area contributed by atoms with Crippen LogP contribution in [0.1, 0.15) is 16.0 Å². The number of aromatic nitrogens is 2. The molecule has 4 rings (SSSR count). The van der Waals surface area contributed by atoms with Gasteiger partial charge < -0.3 is 15.1 Å². The molecule has 1 aliphatic rings. The van der Waals surface area contributed by atoms with E-state index in [1.54, 1.807) is 15.9 Å². The summed E-state index contributed by atoms with van der Waals surface area (Å²) in [6, 6.07) is 7.80. The molecule has 28 heavy (non-hydrogen) atoms. The van der Waals surface area contributed by atoms with Crippen LogP contribution >= 0.6 is 23.1 Å². The lowest BCUT2D eigenvalue weighted by Gasteiger charge is -2.19. The number of rotatable bonds is 5. The van der Waals surface area contributed by atoms with Gasteiger partial charge in [0.05, 0.1) is 42.3 Å². The smallest absolute Gasteiger partial charge is 0.267 e. The Morgan fingerprint density at radius 1 is 1.36 bits per heavy atom. The van der Waals surface area contributed by atoms with Gasteiger partial charge in [-0.3, -0.25) is 9.36 Å². The number of aryl methyl sites for hydroxylation is 1. The van der Waals surface area contributed by atoms with E-state index >= 15 is 0 Å². The molecular formula is C20H24N3O3S2+. The second-order valence-electron chi connectivity index (χ2n) is 7.34. The quantitative estimate of drug-likeness (QED) is 0.421. The van der Waals surface area contributed by atoms with E-state index in [0.29, 0.717) is 5.16 Å². The molecule has 0 aliphatic carbocycles. The van der Waals surface area contributed by atoms with Crippen molar-refractivity contribution in [1.82, 2.24) is 9.55 Å². The molecule has 0 fully saturated rings. The number of thiophene rings is 1. The molecule has 0 saturated heterocycles. The molecule has 0 spiro atoms. The van der Waals surface area contributed by atoms with Crippen LogP contribution in [0.25, 0.3) is 15.9 Å². The summed E-state index contributed by atoms with van der Waals surface area (Å²) in [6.07, 6.45) is 0.0414. The van der Waals surface area contributed by atoms with Gasteiger partial charge in [-0.25, -0.2) is 4.98 Å². The van der Waals surface area contributed by atoms with Crippen LogP contribution in [0.15, 0.2) is 34.2 Å². The Morgan fingerprint density at radius 3 is 2.82 bits per heavy atom. The average molecular weight is 419 g/mol. The number of quaternary nitrogens is 1. The van der Waals surface area contributed by atoms with E-state index < -0.39 is 6.10 Å². The standard InChI is InChI=1S/C20H23N3O3S2/c1-12-3-5-13(6-4-12)23-19(26)17-15-7-8-22(2)9-16(15)28-18(17)21-20(23)27-11-14(25)10-24/h3-6,14,24-25H,7-11H2,1-2H3/p+1/t14-/m1/s1. The number of fused-ring (bicyclic) bond motifs is 3. The molecule has 2 aromatic heterocycles. The van der Waals surface area contributed by atoms with Crippen LogP contribution in [0.4, 0.5) is 0 Å². The number of hydrogen-bond donors (Lipinski definition) is 3. The van der Waals surface area contributed by atoms with Gasteiger partial charge in [-0.15, -0.1) is 11.3 Å². The lowest BCUT2D eigenvalue weighted by atomic mass is 10.1. The number of hydrogen-bond acceptors (Lipinski definition) is 6. The third-order valence-corrected chi connectivity index (χ3v) is 7.26. The van der Waals surface area contributed by atoms with Crippen molar-refractivity contribution in [3.05, 3.63) is 50.6 Å². The zero-order valence-electron chi connectivity index (χ0n) is 15.9. The van der Waals surface area contributed by atoms with E-state index in [4.69, 9.17) is 10.1 Å². The third-order valence-electron chi connectivity index (χ3n) is 5.05. The van der Waals surface area contributed by atoms with Crippen molar-refractivity contribution in [2.45, 2.75) is 31.1 Å². The monoisotopic (exact) mass is 418 g/mol. The Balaban J connectivity index is 1.91. The van der Waals surface area contributed by atoms with Crippen LogP contribution in [0.5, 0.6) is 0 Å². The Labute approximate surface area is 171 Å². The average Bonchev–Trinajstić information content (AvgIpc) is 3.04. The Kier molecular flexibility index (Phi) is 5.57. The number of benzene rings is 1. The van der Waals surface area contributed by atoms with Crippen molar-refractivity contribution in [2.75, 3.05) is 26.0 Å². The summed E-state index contributed by atoms with van der Waals surface area (Å²) >= 11 is 2.91. The van der Waals surface area contributed by atoms with Crippen molar-refractivity contribution >= 4 is 33.3 Å². The van der Waals surface area contributed by atoms with Crippen LogP contribution in [0, 0.1) is 6.92 Å². The normalized spacial score (nSPS) is 17.6. The Hall–Kier alpha value is -1.71. The molecule has 3 heterocycles. The molecule has 0 saturated carbocycles. The van der Waals surface area contributed by atoms with Crippen LogP contribution in [-0.2, 0) is 13.0 Å². The molecular weight excluding hydrogens is 394 g/mol. The molecule has 0 bridgehead atoms. The van der Waals surface area contributed by atoms with E-state index in [1.807, 2.05) is 31.2 Å². The number of nitrogens with zero attached hydrogens (tertiary/aromatic N) is 2. The van der Waals surface area contributed by atoms with Gasteiger partial charge in [-0.2, -0.15) is 0 Å². The minimum Gasteiger partial charge on any atom is -0.394 e. The molecule has 3 N–H and O–H groups in total. The highest BCUT2D eigenvalue weighted by Gasteiger charge is 2.26. The van der Waals surface area contributed by atoms with E-state index in [9.17, 15) is 9.90 Å². The predicted octanol–water partition coefficient (Wildman–Crippen LogP) is 0.772. The van der Waals surface area contributed by atoms with E-state index in [1.165, 1.54) is 21.5 Å². The molecule has 148 valence electrons. The lowest BCUT2D eigenvalue weighted by Crippen LogP contribution is -3.08. The topological polar surface area (TPSA) is 79.8 Å². The molecule has 3 aromatic rings. The Bertz CT molecular complexity index is 1060. The number of aliphatic hydroxyl groups excluding tert-OH is 2. The van der Waals surface area contributed by atoms with Crippen LogP contribution < -0.4 is 10.5 Å². The van der Waals surface area contributed by atoms with Gasteiger partial charge in [0, 0.05) is 12.2 Å². The third kappa shape index (κ3) is 3.62. The maximum absolute atomic E-state index is 13.6. The first-order chi connectivity index (χ1) is 13.5. The van der Waals surface area contributed by atoms with Gasteiger partial charge in [0.25, 0.3) is 5.56 Å². The molecule has 1 aliphatic heterocycles. The van der Waals surface area contributed by atoms with Gasteiger partial charge in [0.1, 0.15) is 11.4 Å². The summed E-state index contributed by atoms with van der Waals surface area (Å²) in [4.78, 5) is 21.8. The second kappa shape index (κ2) is 7.96. The number of nitrogens with one attached hydrogen (secondary N) is 1. The summed E-state index contributed by atoms with van der Waals surface area (Å²) in [5, 5.41) is 20.2. The predicted molar refractivity (Wildman–Crippen MR) is 113 cm³/mol. The summed E-state index contributed by atoms with van der Waals surface area (Å²) in [7, 11) is 2.17. The fraction of sp³-hybridized carbons (Fsp3) is 0.400. The molecule has 0 radical (unpaired) electrons. The largest absolute Gasteiger partial charge is 0.394 e. The minimum absolute atomic E-state index is 0.0492. The van der Waals surface area contributed by atoms with E-state index in [2.05, 4.69) is 7.05 Å². The molecule has 2 atom stereocenters. The van der Waals surface area contributed by atoms with Crippen molar-refractivity contribution in [2.24, 2.45) is 0 Å². The molecule has 6 nitrogen and oxygen atoms in total. The van der Waals surface area contributed by atoms with Crippen LogP contribution in [0.2, 0.25) is 0 Å².